The Bertz CT molecular complexity index is 977. The first kappa shape index (κ1) is 20.7. The minimum atomic E-state index is -4.29. The van der Waals surface area contributed by atoms with Gasteiger partial charge in [0.1, 0.15) is 6.54 Å². The lowest BCUT2D eigenvalue weighted by molar-refractivity contribution is -0.385. The van der Waals surface area contributed by atoms with Gasteiger partial charge in [0, 0.05) is 16.7 Å². The number of halogens is 1. The zero-order valence-electron chi connectivity index (χ0n) is 14.6. The summed E-state index contributed by atoms with van der Waals surface area (Å²) in [4.78, 5) is 22.1. The Labute approximate surface area is 161 Å². The van der Waals surface area contributed by atoms with E-state index in [1.807, 2.05) is 0 Å². The van der Waals surface area contributed by atoms with Crippen molar-refractivity contribution >= 4 is 39.0 Å². The van der Waals surface area contributed by atoms with Gasteiger partial charge in [0.05, 0.1) is 22.1 Å². The molecular weight excluding hydrogens is 396 g/mol. The molecular formula is C17H17ClN2O6S. The van der Waals surface area contributed by atoms with Crippen LogP contribution in [0, 0.1) is 17.0 Å². The molecule has 0 aliphatic rings. The molecule has 0 fully saturated rings. The highest BCUT2D eigenvalue weighted by Crippen LogP contribution is 2.29. The van der Waals surface area contributed by atoms with Crippen molar-refractivity contribution in [1.82, 2.24) is 0 Å². The molecule has 0 saturated carbocycles. The van der Waals surface area contributed by atoms with E-state index < -0.39 is 27.5 Å². The Kier molecular flexibility index (Phi) is 6.40. The van der Waals surface area contributed by atoms with E-state index in [0.29, 0.717) is 5.56 Å². The van der Waals surface area contributed by atoms with Crippen molar-refractivity contribution in [3.63, 3.8) is 0 Å². The Morgan fingerprint density at radius 1 is 1.26 bits per heavy atom. The third-order valence-electron chi connectivity index (χ3n) is 3.64. The molecule has 0 N–H and O–H groups in total. The molecule has 0 amide bonds. The fourth-order valence-electron chi connectivity index (χ4n) is 2.34. The van der Waals surface area contributed by atoms with Crippen molar-refractivity contribution in [1.29, 1.82) is 0 Å². The van der Waals surface area contributed by atoms with Crippen molar-refractivity contribution in [2.75, 3.05) is 17.5 Å². The largest absolute Gasteiger partial charge is 0.465 e. The van der Waals surface area contributed by atoms with Crippen molar-refractivity contribution in [3.05, 3.63) is 63.2 Å². The fraction of sp³-hybridized carbons (Fsp3) is 0.235. The summed E-state index contributed by atoms with van der Waals surface area (Å²) in [6.45, 7) is 2.58. The van der Waals surface area contributed by atoms with Gasteiger partial charge in [0.25, 0.3) is 15.7 Å². The molecule has 0 bridgehead atoms. The van der Waals surface area contributed by atoms with Crippen LogP contribution in [0.3, 0.4) is 0 Å². The van der Waals surface area contributed by atoms with Gasteiger partial charge in [-0.15, -0.1) is 0 Å². The minimum Gasteiger partial charge on any atom is -0.465 e. The number of aryl methyl sites for hydroxylation is 1. The standard InChI is InChI=1S/C17H17ClN2O6S/c1-3-26-17(21)11-19(14-6-4-5-13(18)9-14)27(24,25)15-8-7-12(2)16(10-15)20(22)23/h4-10H,3,11H2,1-2H3. The van der Waals surface area contributed by atoms with E-state index >= 15 is 0 Å². The van der Waals surface area contributed by atoms with Crippen molar-refractivity contribution < 1.29 is 22.9 Å². The molecule has 2 aromatic carbocycles. The second-order valence-electron chi connectivity index (χ2n) is 5.50. The minimum absolute atomic E-state index is 0.0816. The van der Waals surface area contributed by atoms with Gasteiger partial charge < -0.3 is 4.74 Å². The second kappa shape index (κ2) is 8.36. The molecule has 0 aliphatic heterocycles. The van der Waals surface area contributed by atoms with Gasteiger partial charge in [-0.05, 0) is 38.1 Å². The number of carbonyl (C=O) groups excluding carboxylic acids is 1. The quantitative estimate of drug-likeness (QED) is 0.392. The topological polar surface area (TPSA) is 107 Å². The van der Waals surface area contributed by atoms with Gasteiger partial charge >= 0.3 is 5.97 Å². The summed E-state index contributed by atoms with van der Waals surface area (Å²) in [5, 5.41) is 11.4. The number of sulfonamides is 1. The Hall–Kier alpha value is -2.65. The maximum atomic E-state index is 13.1. The van der Waals surface area contributed by atoms with Crippen LogP contribution in [-0.4, -0.2) is 32.5 Å². The number of rotatable bonds is 7. The first-order valence-corrected chi connectivity index (χ1v) is 9.67. The van der Waals surface area contributed by atoms with E-state index in [0.717, 1.165) is 10.4 Å². The molecule has 2 aromatic rings. The van der Waals surface area contributed by atoms with Crippen LogP contribution in [0.25, 0.3) is 0 Å². The lowest BCUT2D eigenvalue weighted by Crippen LogP contribution is -2.36. The van der Waals surface area contributed by atoms with Gasteiger partial charge in [0.2, 0.25) is 0 Å². The summed E-state index contributed by atoms with van der Waals surface area (Å²) < 4.78 is 31.9. The number of nitro groups is 1. The van der Waals surface area contributed by atoms with Crippen molar-refractivity contribution in [3.8, 4) is 0 Å². The summed E-state index contributed by atoms with van der Waals surface area (Å²) in [6, 6.07) is 9.48. The van der Waals surface area contributed by atoms with E-state index in [-0.39, 0.29) is 27.9 Å². The number of benzene rings is 2. The maximum Gasteiger partial charge on any atom is 0.326 e. The molecule has 27 heavy (non-hydrogen) atoms. The number of carbonyl (C=O) groups is 1. The molecule has 8 nitrogen and oxygen atoms in total. The molecule has 2 rings (SSSR count). The van der Waals surface area contributed by atoms with Crippen LogP contribution in [0.15, 0.2) is 47.4 Å². The van der Waals surface area contributed by atoms with Gasteiger partial charge in [-0.3, -0.25) is 19.2 Å². The number of hydrogen-bond donors (Lipinski definition) is 0. The zero-order valence-corrected chi connectivity index (χ0v) is 16.2. The van der Waals surface area contributed by atoms with Gasteiger partial charge in [0.15, 0.2) is 0 Å². The smallest absolute Gasteiger partial charge is 0.326 e. The molecule has 0 spiro atoms. The van der Waals surface area contributed by atoms with Gasteiger partial charge in [-0.1, -0.05) is 23.7 Å². The van der Waals surface area contributed by atoms with Crippen LogP contribution in [0.5, 0.6) is 0 Å². The monoisotopic (exact) mass is 412 g/mol. The Morgan fingerprint density at radius 3 is 2.56 bits per heavy atom. The van der Waals surface area contributed by atoms with Crippen LogP contribution < -0.4 is 4.31 Å². The van der Waals surface area contributed by atoms with E-state index in [1.54, 1.807) is 13.0 Å². The molecule has 0 heterocycles. The normalized spacial score (nSPS) is 11.1. The lowest BCUT2D eigenvalue weighted by Gasteiger charge is -2.23. The molecule has 144 valence electrons. The van der Waals surface area contributed by atoms with Crippen LogP contribution in [-0.2, 0) is 19.6 Å². The van der Waals surface area contributed by atoms with E-state index in [4.69, 9.17) is 16.3 Å². The van der Waals surface area contributed by atoms with Gasteiger partial charge in [-0.25, -0.2) is 8.42 Å². The maximum absolute atomic E-state index is 13.1. The van der Waals surface area contributed by atoms with Crippen LogP contribution in [0.1, 0.15) is 12.5 Å². The second-order valence-corrected chi connectivity index (χ2v) is 7.80. The first-order valence-electron chi connectivity index (χ1n) is 7.85. The van der Waals surface area contributed by atoms with Crippen LogP contribution in [0.4, 0.5) is 11.4 Å². The summed E-state index contributed by atoms with van der Waals surface area (Å²) in [7, 11) is -4.29. The molecule has 0 atom stereocenters. The van der Waals surface area contributed by atoms with E-state index in [1.165, 1.54) is 37.3 Å². The lowest BCUT2D eigenvalue weighted by atomic mass is 10.2. The Morgan fingerprint density at radius 2 is 1.96 bits per heavy atom. The highest BCUT2D eigenvalue weighted by Gasteiger charge is 2.29. The summed E-state index contributed by atoms with van der Waals surface area (Å²) in [6.07, 6.45) is 0. The molecule has 0 aromatic heterocycles. The van der Waals surface area contributed by atoms with E-state index in [2.05, 4.69) is 0 Å². The van der Waals surface area contributed by atoms with Crippen molar-refractivity contribution in [2.45, 2.75) is 18.7 Å². The van der Waals surface area contributed by atoms with Crippen LogP contribution >= 0.6 is 11.6 Å². The molecule has 10 heteroatoms. The number of hydrogen-bond acceptors (Lipinski definition) is 6. The SMILES string of the molecule is CCOC(=O)CN(c1cccc(Cl)c1)S(=O)(=O)c1ccc(C)c([N+](=O)[O-])c1. The third-order valence-corrected chi connectivity index (χ3v) is 5.64. The number of nitro benzene ring substituents is 1. The average Bonchev–Trinajstić information content (AvgIpc) is 2.59. The number of esters is 1. The Balaban J connectivity index is 2.58. The van der Waals surface area contributed by atoms with Crippen LogP contribution in [0.2, 0.25) is 5.02 Å². The molecule has 0 aliphatic carbocycles. The van der Waals surface area contributed by atoms with Crippen molar-refractivity contribution in [2.24, 2.45) is 0 Å². The number of ether oxygens (including phenoxy) is 1. The molecule has 0 unspecified atom stereocenters. The zero-order chi connectivity index (χ0) is 20.2. The first-order chi connectivity index (χ1) is 12.7. The summed E-state index contributed by atoms with van der Waals surface area (Å²) in [5.41, 5.74) is 0.121. The highest BCUT2D eigenvalue weighted by atomic mass is 35.5. The predicted molar refractivity (Wildman–Crippen MR) is 100 cm³/mol. The number of anilines is 1. The highest BCUT2D eigenvalue weighted by molar-refractivity contribution is 7.92. The number of nitrogens with zero attached hydrogens (tertiary/aromatic N) is 2. The summed E-state index contributed by atoms with van der Waals surface area (Å²) >= 11 is 5.94. The average molecular weight is 413 g/mol. The van der Waals surface area contributed by atoms with E-state index in [9.17, 15) is 23.3 Å². The predicted octanol–water partition coefficient (Wildman–Crippen LogP) is 3.32. The molecule has 0 radical (unpaired) electrons. The van der Waals surface area contributed by atoms with Gasteiger partial charge in [-0.2, -0.15) is 0 Å². The third kappa shape index (κ3) is 4.75. The molecule has 0 saturated heterocycles. The fourth-order valence-corrected chi connectivity index (χ4v) is 3.95. The summed E-state index contributed by atoms with van der Waals surface area (Å²) in [5.74, 6) is -0.761.